The first-order chi connectivity index (χ1) is 12.8. The first kappa shape index (κ1) is 20.0. The summed E-state index contributed by atoms with van der Waals surface area (Å²) in [5.41, 5.74) is 0.737. The molecule has 0 fully saturated rings. The van der Waals surface area contributed by atoms with Gasteiger partial charge in [0.2, 0.25) is 0 Å². The minimum absolute atomic E-state index is 0.303. The molecule has 0 radical (unpaired) electrons. The maximum Gasteiger partial charge on any atom is 0.573 e. The monoisotopic (exact) mass is 396 g/mol. The van der Waals surface area contributed by atoms with Crippen LogP contribution < -0.4 is 10.1 Å². The van der Waals surface area contributed by atoms with Crippen LogP contribution in [0.1, 0.15) is 11.1 Å². The van der Waals surface area contributed by atoms with Crippen molar-refractivity contribution in [2.24, 2.45) is 0 Å². The molecule has 0 saturated carbocycles. The average molecular weight is 396 g/mol. The van der Waals surface area contributed by atoms with Gasteiger partial charge in [0, 0.05) is 6.08 Å². The highest BCUT2D eigenvalue weighted by Gasteiger charge is 2.30. The lowest BCUT2D eigenvalue weighted by molar-refractivity contribution is -0.274. The molecule has 0 aliphatic heterocycles. The molecule has 0 spiro atoms. The van der Waals surface area contributed by atoms with Gasteiger partial charge in [-0.2, -0.15) is 5.26 Å². The van der Waals surface area contributed by atoms with Crippen molar-refractivity contribution in [2.45, 2.75) is 6.36 Å². The van der Waals surface area contributed by atoms with E-state index < -0.39 is 24.8 Å². The molecule has 1 aromatic carbocycles. The van der Waals surface area contributed by atoms with Gasteiger partial charge in [0.15, 0.2) is 6.61 Å². The van der Waals surface area contributed by atoms with Gasteiger partial charge in [-0.25, -0.2) is 4.79 Å². The maximum absolute atomic E-state index is 12.1. The molecule has 10 heteroatoms. The predicted octanol–water partition coefficient (Wildman–Crippen LogP) is 3.71. The number of anilines is 1. The van der Waals surface area contributed by atoms with Gasteiger partial charge in [-0.05, 0) is 35.2 Å². The molecular formula is C17H11F3N2O4S. The molecule has 1 heterocycles. The second kappa shape index (κ2) is 8.86. The van der Waals surface area contributed by atoms with Crippen LogP contribution in [0, 0.1) is 11.3 Å². The summed E-state index contributed by atoms with van der Waals surface area (Å²) >= 11 is 1.16. The number of alkyl halides is 3. The number of nitrogens with one attached hydrogen (secondary N) is 1. The Balaban J connectivity index is 1.81. The molecule has 0 atom stereocenters. The highest BCUT2D eigenvalue weighted by atomic mass is 32.1. The van der Waals surface area contributed by atoms with E-state index in [2.05, 4.69) is 10.1 Å². The summed E-state index contributed by atoms with van der Waals surface area (Å²) in [4.78, 5) is 23.3. The number of ether oxygens (including phenoxy) is 2. The number of hydrogen-bond donors (Lipinski definition) is 1. The number of nitriles is 1. The zero-order valence-electron chi connectivity index (χ0n) is 13.4. The number of halogens is 3. The molecule has 1 aromatic heterocycles. The smallest absolute Gasteiger partial charge is 0.452 e. The van der Waals surface area contributed by atoms with Crippen LogP contribution in [-0.4, -0.2) is 24.8 Å². The van der Waals surface area contributed by atoms with E-state index in [9.17, 15) is 22.8 Å². The van der Waals surface area contributed by atoms with Gasteiger partial charge in [-0.1, -0.05) is 12.1 Å². The normalized spacial score (nSPS) is 11.0. The van der Waals surface area contributed by atoms with E-state index in [1.165, 1.54) is 18.2 Å². The van der Waals surface area contributed by atoms with Gasteiger partial charge in [-0.3, -0.25) is 4.79 Å². The summed E-state index contributed by atoms with van der Waals surface area (Å²) < 4.78 is 44.7. The number of benzene rings is 1. The highest BCUT2D eigenvalue weighted by molar-refractivity contribution is 7.14. The van der Waals surface area contributed by atoms with Crippen LogP contribution in [0.15, 0.2) is 41.8 Å². The topological polar surface area (TPSA) is 88.4 Å². The van der Waals surface area contributed by atoms with Gasteiger partial charge in [0.25, 0.3) is 5.91 Å². The largest absolute Gasteiger partial charge is 0.573 e. The number of nitrogens with zero attached hydrogens (tertiary/aromatic N) is 1. The second-order valence-electron chi connectivity index (χ2n) is 4.88. The molecule has 0 saturated heterocycles. The Morgan fingerprint density at radius 1 is 1.22 bits per heavy atom. The Bertz CT molecular complexity index is 883. The maximum atomic E-state index is 12.1. The van der Waals surface area contributed by atoms with E-state index in [0.717, 1.165) is 29.5 Å². The average Bonchev–Trinajstić information content (AvgIpc) is 3.05. The first-order valence-electron chi connectivity index (χ1n) is 7.25. The first-order valence-corrected chi connectivity index (χ1v) is 8.13. The fourth-order valence-corrected chi connectivity index (χ4v) is 2.54. The highest BCUT2D eigenvalue weighted by Crippen LogP contribution is 2.23. The molecule has 0 aliphatic carbocycles. The van der Waals surface area contributed by atoms with Crippen molar-refractivity contribution in [2.75, 3.05) is 11.9 Å². The molecule has 6 nitrogen and oxygen atoms in total. The van der Waals surface area contributed by atoms with Crippen LogP contribution in [-0.2, 0) is 14.3 Å². The lowest BCUT2D eigenvalue weighted by Crippen LogP contribution is -2.20. The van der Waals surface area contributed by atoms with Crippen molar-refractivity contribution in [1.82, 2.24) is 0 Å². The van der Waals surface area contributed by atoms with Crippen molar-refractivity contribution < 1.29 is 32.2 Å². The number of thiophene rings is 1. The molecule has 0 aliphatic rings. The van der Waals surface area contributed by atoms with E-state index in [0.29, 0.717) is 16.1 Å². The third kappa shape index (κ3) is 6.83. The fourth-order valence-electron chi connectivity index (χ4n) is 1.79. The summed E-state index contributed by atoms with van der Waals surface area (Å²) in [7, 11) is 0. The quantitative estimate of drug-likeness (QED) is 0.594. The number of amides is 1. The Morgan fingerprint density at radius 2 is 1.93 bits per heavy atom. The van der Waals surface area contributed by atoms with Crippen LogP contribution in [0.3, 0.4) is 0 Å². The van der Waals surface area contributed by atoms with Gasteiger partial charge >= 0.3 is 12.3 Å². The minimum atomic E-state index is -4.78. The molecule has 2 rings (SSSR count). The van der Waals surface area contributed by atoms with Crippen LogP contribution >= 0.6 is 11.3 Å². The van der Waals surface area contributed by atoms with Crippen molar-refractivity contribution in [3.8, 4) is 11.8 Å². The lowest BCUT2D eigenvalue weighted by Gasteiger charge is -2.08. The Morgan fingerprint density at radius 3 is 2.56 bits per heavy atom. The zero-order chi connectivity index (χ0) is 19.9. The van der Waals surface area contributed by atoms with Gasteiger partial charge < -0.3 is 14.8 Å². The summed E-state index contributed by atoms with van der Waals surface area (Å²) in [6.45, 7) is -0.551. The van der Waals surface area contributed by atoms with Gasteiger partial charge in [-0.15, -0.1) is 24.5 Å². The molecule has 1 N–H and O–H groups in total. The molecule has 1 amide bonds. The van der Waals surface area contributed by atoms with Gasteiger partial charge in [0.05, 0.1) is 5.56 Å². The van der Waals surface area contributed by atoms with Gasteiger partial charge in [0.1, 0.15) is 16.8 Å². The Kier molecular flexibility index (Phi) is 6.56. The summed E-state index contributed by atoms with van der Waals surface area (Å²) in [6, 6.07) is 8.28. The number of carbonyl (C=O) groups excluding carboxylic acids is 2. The van der Waals surface area contributed by atoms with Crippen molar-refractivity contribution >= 4 is 34.3 Å². The van der Waals surface area contributed by atoms with E-state index in [1.807, 2.05) is 6.07 Å². The van der Waals surface area contributed by atoms with Crippen LogP contribution in [0.2, 0.25) is 0 Å². The van der Waals surface area contributed by atoms with Crippen LogP contribution in [0.5, 0.6) is 5.75 Å². The second-order valence-corrected chi connectivity index (χ2v) is 5.80. The van der Waals surface area contributed by atoms with E-state index >= 15 is 0 Å². The third-order valence-electron chi connectivity index (χ3n) is 2.91. The van der Waals surface area contributed by atoms with Crippen molar-refractivity contribution in [3.63, 3.8) is 0 Å². The standard InChI is InChI=1S/C17H11F3N2O4S/c18-17(19,20)26-13-4-1-11(2-5-13)3-6-15(24)25-10-14(23)22-16-12(9-21)7-8-27-16/h1-8H,10H2,(H,22,23)/b6-3+. The summed E-state index contributed by atoms with van der Waals surface area (Å²) in [5.74, 6) is -1.80. The van der Waals surface area contributed by atoms with E-state index in [-0.39, 0.29) is 5.75 Å². The molecule has 0 unspecified atom stereocenters. The number of esters is 1. The van der Waals surface area contributed by atoms with Crippen LogP contribution in [0.4, 0.5) is 18.2 Å². The third-order valence-corrected chi connectivity index (χ3v) is 3.74. The minimum Gasteiger partial charge on any atom is -0.452 e. The lowest BCUT2D eigenvalue weighted by atomic mass is 10.2. The summed E-state index contributed by atoms with van der Waals surface area (Å²) in [5, 5.41) is 13.3. The number of rotatable bonds is 6. The Hall–Kier alpha value is -3.32. The molecule has 140 valence electrons. The number of carbonyl (C=O) groups is 2. The fraction of sp³-hybridized carbons (Fsp3) is 0.118. The van der Waals surface area contributed by atoms with Crippen LogP contribution in [0.25, 0.3) is 6.08 Å². The summed E-state index contributed by atoms with van der Waals surface area (Å²) in [6.07, 6.45) is -2.44. The van der Waals surface area contributed by atoms with E-state index in [1.54, 1.807) is 11.4 Å². The molecule has 2 aromatic rings. The zero-order valence-corrected chi connectivity index (χ0v) is 14.3. The molecular weight excluding hydrogens is 385 g/mol. The SMILES string of the molecule is N#Cc1ccsc1NC(=O)COC(=O)/C=C/c1ccc(OC(F)(F)F)cc1. The molecule has 27 heavy (non-hydrogen) atoms. The van der Waals surface area contributed by atoms with E-state index in [4.69, 9.17) is 10.00 Å². The van der Waals surface area contributed by atoms with Crippen molar-refractivity contribution in [1.29, 1.82) is 5.26 Å². The number of hydrogen-bond acceptors (Lipinski definition) is 6. The molecule has 0 bridgehead atoms. The Labute approximate surface area is 155 Å². The van der Waals surface area contributed by atoms with Crippen molar-refractivity contribution in [3.05, 3.63) is 52.9 Å². The predicted molar refractivity (Wildman–Crippen MR) is 90.8 cm³/mol.